The molecule has 0 unspecified atom stereocenters. The monoisotopic (exact) mass is 287 g/mol. The summed E-state index contributed by atoms with van der Waals surface area (Å²) in [5.41, 5.74) is 7.29. The fourth-order valence-electron chi connectivity index (χ4n) is 2.39. The third-order valence-corrected chi connectivity index (χ3v) is 3.58. The fourth-order valence-corrected chi connectivity index (χ4v) is 2.39. The number of nitrogens with two attached hydrogens (primary N) is 1. The van der Waals surface area contributed by atoms with Crippen LogP contribution in [-0.4, -0.2) is 47.8 Å². The molecule has 5 nitrogen and oxygen atoms in total. The number of nitrogen functional groups attached to an aromatic ring is 1. The van der Waals surface area contributed by atoms with Gasteiger partial charge in [0.15, 0.2) is 0 Å². The van der Waals surface area contributed by atoms with Crippen LogP contribution in [0.15, 0.2) is 30.3 Å². The molecule has 1 aromatic rings. The third kappa shape index (κ3) is 4.34. The number of amides is 2. The summed E-state index contributed by atoms with van der Waals surface area (Å²) in [4.78, 5) is 27.1. The van der Waals surface area contributed by atoms with Crippen molar-refractivity contribution in [2.75, 3.05) is 31.9 Å². The van der Waals surface area contributed by atoms with Gasteiger partial charge in [0.25, 0.3) is 0 Å². The summed E-state index contributed by atoms with van der Waals surface area (Å²) < 4.78 is 0. The van der Waals surface area contributed by atoms with Crippen LogP contribution >= 0.6 is 0 Å². The van der Waals surface area contributed by atoms with Crippen molar-refractivity contribution in [3.63, 3.8) is 0 Å². The first-order chi connectivity index (χ1) is 10.1. The second kappa shape index (κ2) is 6.92. The lowest BCUT2D eigenvalue weighted by atomic mass is 10.2. The van der Waals surface area contributed by atoms with Crippen molar-refractivity contribution >= 4 is 23.6 Å². The molecule has 0 aromatic heterocycles. The number of nitrogens with zero attached hydrogens (tertiary/aromatic N) is 2. The average molecular weight is 287 g/mol. The summed E-state index contributed by atoms with van der Waals surface area (Å²) in [7, 11) is 0. The lowest BCUT2D eigenvalue weighted by Gasteiger charge is -2.20. The van der Waals surface area contributed by atoms with E-state index in [1.165, 1.54) is 0 Å². The molecule has 1 aliphatic rings. The largest absolute Gasteiger partial charge is 0.399 e. The van der Waals surface area contributed by atoms with Gasteiger partial charge in [0, 0.05) is 44.9 Å². The zero-order valence-electron chi connectivity index (χ0n) is 12.3. The molecule has 0 atom stereocenters. The van der Waals surface area contributed by atoms with E-state index < -0.39 is 0 Å². The van der Waals surface area contributed by atoms with Gasteiger partial charge in [0.05, 0.1) is 0 Å². The van der Waals surface area contributed by atoms with Crippen molar-refractivity contribution < 1.29 is 9.59 Å². The first-order valence-corrected chi connectivity index (χ1v) is 7.14. The molecule has 1 heterocycles. The fraction of sp³-hybridized carbons (Fsp3) is 0.375. The van der Waals surface area contributed by atoms with Crippen LogP contribution in [0.2, 0.25) is 0 Å². The molecule has 1 saturated heterocycles. The van der Waals surface area contributed by atoms with Gasteiger partial charge in [-0.05, 0) is 30.2 Å². The average Bonchev–Trinajstić information content (AvgIpc) is 2.71. The molecule has 0 aliphatic carbocycles. The SMILES string of the molecule is CC(=O)N1CCCN(C(=O)/C=C/c2cccc(N)c2)CC1. The van der Waals surface area contributed by atoms with Crippen molar-refractivity contribution in [3.8, 4) is 0 Å². The first-order valence-electron chi connectivity index (χ1n) is 7.14. The maximum absolute atomic E-state index is 12.2. The van der Waals surface area contributed by atoms with Gasteiger partial charge in [-0.1, -0.05) is 12.1 Å². The number of carbonyl (C=O) groups is 2. The third-order valence-electron chi connectivity index (χ3n) is 3.58. The Morgan fingerprint density at radius 1 is 1.14 bits per heavy atom. The zero-order chi connectivity index (χ0) is 15.2. The van der Waals surface area contributed by atoms with E-state index in [1.807, 2.05) is 24.3 Å². The molecule has 2 amide bonds. The summed E-state index contributed by atoms with van der Waals surface area (Å²) in [5.74, 6) is 0.0439. The maximum Gasteiger partial charge on any atom is 0.246 e. The lowest BCUT2D eigenvalue weighted by molar-refractivity contribution is -0.130. The Hall–Kier alpha value is -2.30. The topological polar surface area (TPSA) is 66.6 Å². The van der Waals surface area contributed by atoms with Gasteiger partial charge < -0.3 is 15.5 Å². The van der Waals surface area contributed by atoms with Crippen molar-refractivity contribution in [1.29, 1.82) is 0 Å². The van der Waals surface area contributed by atoms with Gasteiger partial charge in [-0.3, -0.25) is 9.59 Å². The number of hydrogen-bond acceptors (Lipinski definition) is 3. The van der Waals surface area contributed by atoms with E-state index in [1.54, 1.807) is 28.9 Å². The van der Waals surface area contributed by atoms with E-state index in [0.717, 1.165) is 18.5 Å². The van der Waals surface area contributed by atoms with Gasteiger partial charge in [0.1, 0.15) is 0 Å². The van der Waals surface area contributed by atoms with Gasteiger partial charge in [-0.25, -0.2) is 0 Å². The smallest absolute Gasteiger partial charge is 0.246 e. The van der Waals surface area contributed by atoms with Crippen molar-refractivity contribution in [1.82, 2.24) is 9.80 Å². The Balaban J connectivity index is 1.95. The molecule has 0 bridgehead atoms. The van der Waals surface area contributed by atoms with Gasteiger partial charge in [-0.15, -0.1) is 0 Å². The van der Waals surface area contributed by atoms with Gasteiger partial charge in [0.2, 0.25) is 11.8 Å². The molecule has 0 spiro atoms. The summed E-state index contributed by atoms with van der Waals surface area (Å²) in [6, 6.07) is 7.39. The lowest BCUT2D eigenvalue weighted by Crippen LogP contribution is -2.35. The van der Waals surface area contributed by atoms with Crippen molar-refractivity contribution in [2.45, 2.75) is 13.3 Å². The van der Waals surface area contributed by atoms with E-state index in [2.05, 4.69) is 0 Å². The molecule has 1 fully saturated rings. The second-order valence-electron chi connectivity index (χ2n) is 5.19. The second-order valence-corrected chi connectivity index (χ2v) is 5.19. The standard InChI is InChI=1S/C16H21N3O2/c1-13(20)18-8-3-9-19(11-10-18)16(21)7-6-14-4-2-5-15(17)12-14/h2,4-7,12H,3,8-11,17H2,1H3/b7-6+. The minimum absolute atomic E-state index is 0.0252. The summed E-state index contributed by atoms with van der Waals surface area (Å²) in [6.45, 7) is 4.16. The van der Waals surface area contributed by atoms with E-state index in [-0.39, 0.29) is 11.8 Å². The molecule has 1 aliphatic heterocycles. The Bertz CT molecular complexity index is 554. The van der Waals surface area contributed by atoms with Gasteiger partial charge in [-0.2, -0.15) is 0 Å². The molecular formula is C16H21N3O2. The number of anilines is 1. The molecule has 0 radical (unpaired) electrons. The normalized spacial score (nSPS) is 16.0. The van der Waals surface area contributed by atoms with Crippen LogP contribution in [0.25, 0.3) is 6.08 Å². The zero-order valence-corrected chi connectivity index (χ0v) is 12.3. The Kier molecular flexibility index (Phi) is 4.98. The molecular weight excluding hydrogens is 266 g/mol. The van der Waals surface area contributed by atoms with Crippen LogP contribution in [0.4, 0.5) is 5.69 Å². The molecule has 2 N–H and O–H groups in total. The van der Waals surface area contributed by atoms with Crippen LogP contribution < -0.4 is 5.73 Å². The summed E-state index contributed by atoms with van der Waals surface area (Å²) in [6.07, 6.45) is 4.15. The van der Waals surface area contributed by atoms with Crippen LogP contribution in [0.1, 0.15) is 18.9 Å². The molecule has 1 aromatic carbocycles. The number of hydrogen-bond donors (Lipinski definition) is 1. The summed E-state index contributed by atoms with van der Waals surface area (Å²) in [5, 5.41) is 0. The number of carbonyl (C=O) groups excluding carboxylic acids is 2. The molecule has 0 saturated carbocycles. The molecule has 21 heavy (non-hydrogen) atoms. The highest BCUT2D eigenvalue weighted by molar-refractivity contribution is 5.92. The number of rotatable bonds is 2. The van der Waals surface area contributed by atoms with Crippen LogP contribution in [0.5, 0.6) is 0 Å². The molecule has 5 heteroatoms. The Labute approximate surface area is 125 Å². The van der Waals surface area contributed by atoms with Crippen LogP contribution in [0, 0.1) is 0 Å². The minimum atomic E-state index is -0.0252. The van der Waals surface area contributed by atoms with Gasteiger partial charge >= 0.3 is 0 Å². The van der Waals surface area contributed by atoms with Crippen LogP contribution in [0.3, 0.4) is 0 Å². The highest BCUT2D eigenvalue weighted by Gasteiger charge is 2.18. The highest BCUT2D eigenvalue weighted by Crippen LogP contribution is 2.09. The first kappa shape index (κ1) is 15.1. The number of benzene rings is 1. The predicted molar refractivity (Wildman–Crippen MR) is 83.3 cm³/mol. The Morgan fingerprint density at radius 2 is 1.86 bits per heavy atom. The molecule has 112 valence electrons. The predicted octanol–water partition coefficient (Wildman–Crippen LogP) is 1.36. The van der Waals surface area contributed by atoms with E-state index >= 15 is 0 Å². The van der Waals surface area contributed by atoms with E-state index in [4.69, 9.17) is 5.73 Å². The quantitative estimate of drug-likeness (QED) is 0.660. The van der Waals surface area contributed by atoms with Crippen molar-refractivity contribution in [3.05, 3.63) is 35.9 Å². The van der Waals surface area contributed by atoms with E-state index in [9.17, 15) is 9.59 Å². The Morgan fingerprint density at radius 3 is 2.57 bits per heavy atom. The van der Waals surface area contributed by atoms with E-state index in [0.29, 0.717) is 25.3 Å². The molecule has 2 rings (SSSR count). The minimum Gasteiger partial charge on any atom is -0.399 e. The van der Waals surface area contributed by atoms with Crippen LogP contribution in [-0.2, 0) is 9.59 Å². The summed E-state index contributed by atoms with van der Waals surface area (Å²) >= 11 is 0. The van der Waals surface area contributed by atoms with Crippen molar-refractivity contribution in [2.24, 2.45) is 0 Å². The maximum atomic E-state index is 12.2. The highest BCUT2D eigenvalue weighted by atomic mass is 16.2.